The Labute approximate surface area is 202 Å². The Morgan fingerprint density at radius 1 is 1.00 bits per heavy atom. The molecule has 0 bridgehead atoms. The Bertz CT molecular complexity index is 700. The third kappa shape index (κ3) is 5.40. The highest BCUT2D eigenvalue weighted by Crippen LogP contribution is 2.66. The van der Waals surface area contributed by atoms with Crippen LogP contribution in [0.4, 0.5) is 0 Å². The van der Waals surface area contributed by atoms with Crippen molar-refractivity contribution in [1.29, 1.82) is 0 Å². The maximum Gasteiger partial charge on any atom is 0.306 e. The van der Waals surface area contributed by atoms with Gasteiger partial charge in [-0.3, -0.25) is 14.4 Å². The van der Waals surface area contributed by atoms with Gasteiger partial charge in [-0.1, -0.05) is 61.3 Å². The second kappa shape index (κ2) is 11.5. The maximum atomic E-state index is 13.2. The number of rotatable bonds is 4. The first-order chi connectivity index (χ1) is 15.6. The van der Waals surface area contributed by atoms with Gasteiger partial charge in [0, 0.05) is 25.2 Å². The predicted octanol–water partition coefficient (Wildman–Crippen LogP) is 7.34. The van der Waals surface area contributed by atoms with Crippen molar-refractivity contribution in [3.8, 4) is 0 Å². The highest BCUT2D eigenvalue weighted by molar-refractivity contribution is 5.86. The summed E-state index contributed by atoms with van der Waals surface area (Å²) in [6.07, 6.45) is 11.6. The van der Waals surface area contributed by atoms with Gasteiger partial charge in [-0.2, -0.15) is 0 Å². The SMILES string of the molecule is CC.CCC(C)C(=O)O.CCCC1CCC2C3C(=O)CC4CC(=O)CCC4(C)C3CCC12C. The molecule has 0 heterocycles. The van der Waals surface area contributed by atoms with Crippen LogP contribution in [0.25, 0.3) is 0 Å². The first kappa shape index (κ1) is 28.1. The molecule has 0 radical (unpaired) electrons. The first-order valence-electron chi connectivity index (χ1n) is 13.9. The average molecular weight is 463 g/mol. The fourth-order valence-electron chi connectivity index (χ4n) is 7.83. The lowest BCUT2D eigenvalue weighted by atomic mass is 9.44. The van der Waals surface area contributed by atoms with Crippen LogP contribution in [0.3, 0.4) is 0 Å². The van der Waals surface area contributed by atoms with Crippen LogP contribution in [0, 0.1) is 46.3 Å². The Morgan fingerprint density at radius 2 is 1.64 bits per heavy atom. The van der Waals surface area contributed by atoms with E-state index in [0.29, 0.717) is 53.5 Å². The smallest absolute Gasteiger partial charge is 0.306 e. The van der Waals surface area contributed by atoms with Gasteiger partial charge in [0.05, 0.1) is 5.92 Å². The van der Waals surface area contributed by atoms with Crippen molar-refractivity contribution < 1.29 is 19.5 Å². The quantitative estimate of drug-likeness (QED) is 0.474. The highest BCUT2D eigenvalue weighted by Gasteiger charge is 2.62. The van der Waals surface area contributed by atoms with Crippen molar-refractivity contribution in [2.45, 2.75) is 119 Å². The molecule has 4 aliphatic rings. The van der Waals surface area contributed by atoms with E-state index in [0.717, 1.165) is 25.2 Å². The number of ketones is 2. The van der Waals surface area contributed by atoms with Crippen LogP contribution >= 0.6 is 0 Å². The largest absolute Gasteiger partial charge is 0.481 e. The molecule has 8 unspecified atom stereocenters. The van der Waals surface area contributed by atoms with Gasteiger partial charge in [-0.25, -0.2) is 0 Å². The summed E-state index contributed by atoms with van der Waals surface area (Å²) in [6.45, 7) is 14.8. The van der Waals surface area contributed by atoms with Crippen molar-refractivity contribution in [3.63, 3.8) is 0 Å². The number of hydrogen-bond donors (Lipinski definition) is 1. The van der Waals surface area contributed by atoms with Gasteiger partial charge >= 0.3 is 5.97 Å². The van der Waals surface area contributed by atoms with Gasteiger partial charge in [0.15, 0.2) is 0 Å². The van der Waals surface area contributed by atoms with Gasteiger partial charge in [0.2, 0.25) is 0 Å². The predicted molar refractivity (Wildman–Crippen MR) is 134 cm³/mol. The number of carbonyl (C=O) groups is 3. The third-order valence-corrected chi connectivity index (χ3v) is 10.2. The molecule has 0 aromatic rings. The molecule has 8 atom stereocenters. The van der Waals surface area contributed by atoms with Crippen LogP contribution in [-0.4, -0.2) is 22.6 Å². The molecule has 4 saturated carbocycles. The number of hydrogen-bond acceptors (Lipinski definition) is 3. The van der Waals surface area contributed by atoms with E-state index in [1.54, 1.807) is 6.92 Å². The van der Waals surface area contributed by atoms with E-state index < -0.39 is 5.97 Å². The second-order valence-electron chi connectivity index (χ2n) is 11.6. The topological polar surface area (TPSA) is 71.4 Å². The number of Topliss-reactive ketones (excluding diaryl/α,β-unsaturated/α-hetero) is 2. The van der Waals surface area contributed by atoms with Gasteiger partial charge in [0.25, 0.3) is 0 Å². The van der Waals surface area contributed by atoms with E-state index in [1.807, 2.05) is 20.8 Å². The number of carbonyl (C=O) groups excluding carboxylic acids is 2. The van der Waals surface area contributed by atoms with Crippen LogP contribution < -0.4 is 0 Å². The lowest BCUT2D eigenvalue weighted by molar-refractivity contribution is -0.158. The summed E-state index contributed by atoms with van der Waals surface area (Å²) in [5.41, 5.74) is 0.650. The molecule has 4 aliphatic carbocycles. The van der Waals surface area contributed by atoms with E-state index in [9.17, 15) is 14.4 Å². The molecule has 4 nitrogen and oxygen atoms in total. The fraction of sp³-hybridized carbons (Fsp3) is 0.897. The molecule has 190 valence electrons. The van der Waals surface area contributed by atoms with Gasteiger partial charge in [0.1, 0.15) is 11.6 Å². The van der Waals surface area contributed by atoms with Crippen molar-refractivity contribution in [1.82, 2.24) is 0 Å². The van der Waals surface area contributed by atoms with Crippen molar-refractivity contribution in [2.75, 3.05) is 0 Å². The van der Waals surface area contributed by atoms with E-state index in [-0.39, 0.29) is 11.3 Å². The minimum Gasteiger partial charge on any atom is -0.481 e. The molecule has 0 aromatic heterocycles. The summed E-state index contributed by atoms with van der Waals surface area (Å²) in [5, 5.41) is 8.18. The summed E-state index contributed by atoms with van der Waals surface area (Å²) >= 11 is 0. The molecule has 4 rings (SSSR count). The van der Waals surface area contributed by atoms with Crippen LogP contribution in [0.5, 0.6) is 0 Å². The molecule has 0 aliphatic heterocycles. The Kier molecular flexibility index (Phi) is 9.77. The van der Waals surface area contributed by atoms with E-state index in [1.165, 1.54) is 38.5 Å². The van der Waals surface area contributed by atoms with Gasteiger partial charge in [-0.15, -0.1) is 0 Å². The molecule has 4 fully saturated rings. The number of carboxylic acid groups (broad SMARTS) is 1. The molecular formula is C29H50O4. The van der Waals surface area contributed by atoms with Crippen LogP contribution in [0.2, 0.25) is 0 Å². The molecular weight excluding hydrogens is 412 g/mol. The van der Waals surface area contributed by atoms with Crippen LogP contribution in [0.15, 0.2) is 0 Å². The monoisotopic (exact) mass is 462 g/mol. The summed E-state index contributed by atoms with van der Waals surface area (Å²) in [7, 11) is 0. The molecule has 1 N–H and O–H groups in total. The normalized spacial score (nSPS) is 40.2. The Balaban J connectivity index is 0.000000370. The standard InChI is InChI=1S/C22H34O2.C5H10O2.C2H6/c1-4-5-14-6-7-17-20-18(9-11-21(14,17)2)22(3)10-8-16(23)12-15(22)13-19(20)24;1-3-4(2)5(6)7;1-2/h14-15,17-18,20H,4-13H2,1-3H3;4H,3H2,1-2H3,(H,6,7);1-2H3. The van der Waals surface area contributed by atoms with Crippen molar-refractivity contribution in [3.05, 3.63) is 0 Å². The lowest BCUT2D eigenvalue weighted by Crippen LogP contribution is -2.56. The highest BCUT2D eigenvalue weighted by atomic mass is 16.4. The van der Waals surface area contributed by atoms with Gasteiger partial charge in [-0.05, 0) is 73.0 Å². The van der Waals surface area contributed by atoms with Crippen molar-refractivity contribution >= 4 is 17.5 Å². The third-order valence-electron chi connectivity index (χ3n) is 10.2. The zero-order valence-corrected chi connectivity index (χ0v) is 22.4. The summed E-state index contributed by atoms with van der Waals surface area (Å²) < 4.78 is 0. The van der Waals surface area contributed by atoms with E-state index in [2.05, 4.69) is 20.8 Å². The number of fused-ring (bicyclic) bond motifs is 5. The number of aliphatic carboxylic acids is 1. The zero-order chi connectivity index (χ0) is 25.0. The minimum atomic E-state index is -0.706. The van der Waals surface area contributed by atoms with Crippen LogP contribution in [0.1, 0.15) is 119 Å². The molecule has 0 spiro atoms. The minimum absolute atomic E-state index is 0.181. The average Bonchev–Trinajstić information content (AvgIpc) is 3.12. The Hall–Kier alpha value is -1.19. The summed E-state index contributed by atoms with van der Waals surface area (Å²) in [6, 6.07) is 0. The summed E-state index contributed by atoms with van der Waals surface area (Å²) in [5.74, 6) is 2.68. The maximum absolute atomic E-state index is 13.2. The molecule has 4 heteroatoms. The summed E-state index contributed by atoms with van der Waals surface area (Å²) in [4.78, 5) is 35.1. The molecule has 0 aromatic carbocycles. The fourth-order valence-corrected chi connectivity index (χ4v) is 7.83. The lowest BCUT2D eigenvalue weighted by Gasteiger charge is -2.59. The zero-order valence-electron chi connectivity index (χ0n) is 22.4. The molecule has 33 heavy (non-hydrogen) atoms. The number of carboxylic acids is 1. The van der Waals surface area contributed by atoms with Crippen LogP contribution in [-0.2, 0) is 14.4 Å². The van der Waals surface area contributed by atoms with E-state index in [4.69, 9.17) is 5.11 Å². The first-order valence-corrected chi connectivity index (χ1v) is 13.9. The molecule has 0 saturated heterocycles. The van der Waals surface area contributed by atoms with E-state index >= 15 is 0 Å². The Morgan fingerprint density at radius 3 is 2.18 bits per heavy atom. The molecule has 0 amide bonds. The second-order valence-corrected chi connectivity index (χ2v) is 11.6. The van der Waals surface area contributed by atoms with Crippen molar-refractivity contribution in [2.24, 2.45) is 46.3 Å². The van der Waals surface area contributed by atoms with Gasteiger partial charge < -0.3 is 5.11 Å².